The normalized spacial score (nSPS) is 17.7. The van der Waals surface area contributed by atoms with Gasteiger partial charge in [-0.3, -0.25) is 4.79 Å². The van der Waals surface area contributed by atoms with Crippen LogP contribution in [0.4, 0.5) is 5.69 Å². The summed E-state index contributed by atoms with van der Waals surface area (Å²) >= 11 is 1.20. The molecule has 7 nitrogen and oxygen atoms in total. The number of ether oxygens (including phenoxy) is 1. The van der Waals surface area contributed by atoms with E-state index in [1.54, 1.807) is 12.0 Å². The van der Waals surface area contributed by atoms with Gasteiger partial charge in [0, 0.05) is 42.4 Å². The van der Waals surface area contributed by atoms with Crippen LogP contribution in [-0.4, -0.2) is 46.6 Å². The van der Waals surface area contributed by atoms with Crippen LogP contribution in [0.2, 0.25) is 0 Å². The predicted molar refractivity (Wildman–Crippen MR) is 146 cm³/mol. The number of aromatic carboxylic acids is 1. The van der Waals surface area contributed by atoms with Crippen LogP contribution in [0.5, 0.6) is 0 Å². The lowest BCUT2D eigenvalue weighted by atomic mass is 9.82. The van der Waals surface area contributed by atoms with Crippen molar-refractivity contribution in [2.75, 3.05) is 25.2 Å². The van der Waals surface area contributed by atoms with E-state index in [-0.39, 0.29) is 16.7 Å². The van der Waals surface area contributed by atoms with Gasteiger partial charge in [-0.15, -0.1) is 11.3 Å². The number of imidazole rings is 1. The Morgan fingerprint density at radius 1 is 1.11 bits per heavy atom. The molecule has 1 fully saturated rings. The number of aromatic nitrogens is 2. The lowest BCUT2D eigenvalue weighted by Crippen LogP contribution is -2.40. The number of hydrogen-bond acceptors (Lipinski definition) is 5. The second-order valence-corrected chi connectivity index (χ2v) is 10.8. The molecule has 8 heteroatoms. The third kappa shape index (κ3) is 5.31. The zero-order valence-electron chi connectivity index (χ0n) is 21.1. The van der Waals surface area contributed by atoms with Gasteiger partial charge in [-0.25, -0.2) is 9.78 Å². The number of benzene rings is 1. The van der Waals surface area contributed by atoms with Crippen molar-refractivity contribution < 1.29 is 19.4 Å². The molecule has 0 aliphatic heterocycles. The average Bonchev–Trinajstić information content (AvgIpc) is 3.55. The zero-order chi connectivity index (χ0) is 25.9. The number of carbonyl (C=O) groups excluding carboxylic acids is 1. The lowest BCUT2D eigenvalue weighted by molar-refractivity contribution is -0.123. The Morgan fingerprint density at radius 3 is 2.51 bits per heavy atom. The Hall–Kier alpha value is -3.49. The van der Waals surface area contributed by atoms with Crippen LogP contribution < -0.4 is 4.90 Å². The lowest BCUT2D eigenvalue weighted by Gasteiger charge is -2.31. The van der Waals surface area contributed by atoms with Crippen molar-refractivity contribution in [3.05, 3.63) is 65.8 Å². The van der Waals surface area contributed by atoms with Crippen LogP contribution >= 0.6 is 11.3 Å². The predicted octanol–water partition coefficient (Wildman–Crippen LogP) is 6.23. The summed E-state index contributed by atoms with van der Waals surface area (Å²) in [5, 5.41) is 10.0. The monoisotopic (exact) mass is 517 g/mol. The van der Waals surface area contributed by atoms with E-state index in [1.165, 1.54) is 11.3 Å². The highest BCUT2D eigenvalue weighted by molar-refractivity contribution is 7.18. The Labute approximate surface area is 220 Å². The Balaban J connectivity index is 1.45. The fourth-order valence-electron chi connectivity index (χ4n) is 5.02. The molecule has 1 N–H and O–H groups in total. The topological polar surface area (TPSA) is 84.1 Å². The van der Waals surface area contributed by atoms with Crippen LogP contribution in [0.1, 0.15) is 42.3 Å². The molecule has 0 radical (unpaired) electrons. The Kier molecular flexibility index (Phi) is 7.39. The molecular formula is C29H31N3O4S. The molecule has 1 aromatic carbocycles. The van der Waals surface area contributed by atoms with Gasteiger partial charge in [0.15, 0.2) is 0 Å². The van der Waals surface area contributed by atoms with Crippen molar-refractivity contribution in [3.63, 3.8) is 0 Å². The van der Waals surface area contributed by atoms with Gasteiger partial charge in [-0.05, 0) is 55.4 Å². The summed E-state index contributed by atoms with van der Waals surface area (Å²) in [5.74, 6) is -0.483. The summed E-state index contributed by atoms with van der Waals surface area (Å²) in [6.45, 7) is 2.88. The van der Waals surface area contributed by atoms with E-state index in [4.69, 9.17) is 4.74 Å². The van der Waals surface area contributed by atoms with Gasteiger partial charge in [0.05, 0.1) is 18.0 Å². The highest BCUT2D eigenvalue weighted by Gasteiger charge is 2.32. The van der Waals surface area contributed by atoms with Gasteiger partial charge in [0.25, 0.3) is 0 Å². The third-order valence-electron chi connectivity index (χ3n) is 7.18. The largest absolute Gasteiger partial charge is 0.477 e. The molecule has 0 unspecified atom stereocenters. The van der Waals surface area contributed by atoms with Crippen LogP contribution in [0.3, 0.4) is 0 Å². The van der Waals surface area contributed by atoms with Gasteiger partial charge < -0.3 is 19.1 Å². The van der Waals surface area contributed by atoms with Crippen LogP contribution in [0, 0.1) is 11.8 Å². The highest BCUT2D eigenvalue weighted by Crippen LogP contribution is 2.39. The molecule has 4 aromatic rings. The van der Waals surface area contributed by atoms with Crippen molar-refractivity contribution >= 4 is 34.5 Å². The number of pyridine rings is 1. The minimum Gasteiger partial charge on any atom is -0.477 e. The summed E-state index contributed by atoms with van der Waals surface area (Å²) in [6.07, 6.45) is 7.68. The Morgan fingerprint density at radius 2 is 1.84 bits per heavy atom. The summed E-state index contributed by atoms with van der Waals surface area (Å²) in [7, 11) is 1.59. The summed E-state index contributed by atoms with van der Waals surface area (Å²) in [4.78, 5) is 33.1. The molecule has 0 spiro atoms. The molecule has 0 bridgehead atoms. The van der Waals surface area contributed by atoms with E-state index in [2.05, 4.69) is 11.9 Å². The number of carboxylic acids is 1. The van der Waals surface area contributed by atoms with Gasteiger partial charge in [0.2, 0.25) is 5.91 Å². The maximum atomic E-state index is 13.6. The quantitative estimate of drug-likeness (QED) is 0.299. The fraction of sp³-hybridized carbons (Fsp3) is 0.345. The number of carboxylic acid groups (broad SMARTS) is 1. The van der Waals surface area contributed by atoms with Gasteiger partial charge >= 0.3 is 5.97 Å². The second-order valence-electron chi connectivity index (χ2n) is 9.74. The molecule has 1 aliphatic carbocycles. The van der Waals surface area contributed by atoms with Crippen molar-refractivity contribution in [1.82, 2.24) is 9.38 Å². The first-order valence-electron chi connectivity index (χ1n) is 12.7. The van der Waals surface area contributed by atoms with Crippen molar-refractivity contribution in [2.45, 2.75) is 32.6 Å². The number of methoxy groups -OCH3 is 1. The van der Waals surface area contributed by atoms with Crippen molar-refractivity contribution in [1.29, 1.82) is 0 Å². The number of amides is 1. The number of fused-ring (bicyclic) bond motifs is 1. The van der Waals surface area contributed by atoms with E-state index >= 15 is 0 Å². The first kappa shape index (κ1) is 25.2. The third-order valence-corrected chi connectivity index (χ3v) is 8.34. The zero-order valence-corrected chi connectivity index (χ0v) is 21.9. The Bertz CT molecular complexity index is 1370. The molecule has 1 saturated carbocycles. The van der Waals surface area contributed by atoms with Crippen LogP contribution in [0.15, 0.2) is 60.9 Å². The average molecular weight is 518 g/mol. The minimum absolute atomic E-state index is 0.00186. The second kappa shape index (κ2) is 10.9. The molecule has 37 heavy (non-hydrogen) atoms. The smallest absolute Gasteiger partial charge is 0.348 e. The molecule has 3 heterocycles. The molecule has 1 aliphatic rings. The van der Waals surface area contributed by atoms with E-state index < -0.39 is 5.97 Å². The first-order chi connectivity index (χ1) is 17.9. The van der Waals surface area contributed by atoms with Crippen LogP contribution in [0.25, 0.3) is 27.3 Å². The van der Waals surface area contributed by atoms with Crippen LogP contribution in [-0.2, 0) is 9.53 Å². The SMILES string of the molecule is COCCN(c1cc(-c2ccc(-c3cn4ccccc4n3)cc2)sc1C(=O)O)C(=O)[C@H]1CC[C@H](C)CC1. The summed E-state index contributed by atoms with van der Waals surface area (Å²) < 4.78 is 7.25. The first-order valence-corrected chi connectivity index (χ1v) is 13.5. The molecular weight excluding hydrogens is 486 g/mol. The highest BCUT2D eigenvalue weighted by atomic mass is 32.1. The number of thiophene rings is 1. The maximum Gasteiger partial charge on any atom is 0.348 e. The van der Waals surface area contributed by atoms with Crippen molar-refractivity contribution in [2.24, 2.45) is 11.8 Å². The van der Waals surface area contributed by atoms with E-state index in [9.17, 15) is 14.7 Å². The van der Waals surface area contributed by atoms with E-state index in [0.29, 0.717) is 24.8 Å². The molecule has 5 rings (SSSR count). The molecule has 1 amide bonds. The fourth-order valence-corrected chi connectivity index (χ4v) is 6.02. The molecule has 192 valence electrons. The van der Waals surface area contributed by atoms with E-state index in [0.717, 1.165) is 53.0 Å². The summed E-state index contributed by atoms with van der Waals surface area (Å²) in [5.41, 5.74) is 4.08. The summed E-state index contributed by atoms with van der Waals surface area (Å²) in [6, 6.07) is 15.7. The molecule has 0 atom stereocenters. The molecule has 0 saturated heterocycles. The number of anilines is 1. The number of hydrogen-bond donors (Lipinski definition) is 1. The number of rotatable bonds is 8. The van der Waals surface area contributed by atoms with Crippen molar-refractivity contribution in [3.8, 4) is 21.7 Å². The van der Waals surface area contributed by atoms with Gasteiger partial charge in [-0.2, -0.15) is 0 Å². The van der Waals surface area contributed by atoms with Gasteiger partial charge in [0.1, 0.15) is 10.5 Å². The molecule has 3 aromatic heterocycles. The minimum atomic E-state index is -1.03. The number of nitrogens with zero attached hydrogens (tertiary/aromatic N) is 3. The van der Waals surface area contributed by atoms with Gasteiger partial charge in [-0.1, -0.05) is 37.3 Å². The maximum absolute atomic E-state index is 13.6. The number of carbonyl (C=O) groups is 2. The standard InChI is InChI=1S/C29H31N3O4S/c1-19-6-8-22(9-7-19)28(33)32(15-16-36-2)24-17-25(37-27(24)29(34)35)21-12-10-20(11-13-21)23-18-31-14-4-3-5-26(31)30-23/h3-5,10-14,17-19,22H,6-9,15-16H2,1-2H3,(H,34,35)/t19-,22-. The van der Waals surface area contributed by atoms with E-state index in [1.807, 2.05) is 65.3 Å².